The van der Waals surface area contributed by atoms with Gasteiger partial charge in [0.2, 0.25) is 6.41 Å². The van der Waals surface area contributed by atoms with Crippen LogP contribution in [0.25, 0.3) is 10.9 Å². The van der Waals surface area contributed by atoms with E-state index >= 15 is 0 Å². The molecule has 0 radical (unpaired) electrons. The molecule has 2 N–H and O–H groups in total. The Morgan fingerprint density at radius 3 is 2.44 bits per heavy atom. The van der Waals surface area contributed by atoms with E-state index in [1.54, 1.807) is 20.4 Å². The fourth-order valence-electron chi connectivity index (χ4n) is 5.12. The number of fused-ring (bicyclic) bond motifs is 1. The van der Waals surface area contributed by atoms with Gasteiger partial charge in [-0.25, -0.2) is 4.98 Å². The number of hydrogen-bond acceptors (Lipinski definition) is 6. The lowest BCUT2D eigenvalue weighted by Gasteiger charge is -2.29. The second-order valence-corrected chi connectivity index (χ2v) is 10.3. The molecule has 0 unspecified atom stereocenters. The smallest absolute Gasteiger partial charge is 0.256 e. The van der Waals surface area contributed by atoms with Crippen LogP contribution in [0.15, 0.2) is 73.1 Å². The van der Waals surface area contributed by atoms with Gasteiger partial charge in [0.15, 0.2) is 0 Å². The summed E-state index contributed by atoms with van der Waals surface area (Å²) in [5.74, 6) is 0.929. The number of nitrogens with zero attached hydrogens (tertiary/aromatic N) is 4. The highest BCUT2D eigenvalue weighted by Gasteiger charge is 2.19. The van der Waals surface area contributed by atoms with Gasteiger partial charge in [0, 0.05) is 74.1 Å². The van der Waals surface area contributed by atoms with E-state index < -0.39 is 0 Å². The molecule has 0 bridgehead atoms. The highest BCUT2D eigenvalue weighted by molar-refractivity contribution is 6.04. The zero-order valence-corrected chi connectivity index (χ0v) is 24.3. The van der Waals surface area contributed by atoms with Crippen molar-refractivity contribution >= 4 is 40.4 Å². The number of ether oxygens (including phenoxy) is 1. The van der Waals surface area contributed by atoms with Crippen LogP contribution in [0.5, 0.6) is 0 Å². The van der Waals surface area contributed by atoms with E-state index in [4.69, 9.17) is 9.53 Å². The summed E-state index contributed by atoms with van der Waals surface area (Å²) in [6.45, 7) is 3.48. The number of amides is 2. The maximum absolute atomic E-state index is 13.0. The summed E-state index contributed by atoms with van der Waals surface area (Å²) >= 11 is 0. The average Bonchev–Trinajstić information content (AvgIpc) is 3.38. The number of aromatic nitrogens is 2. The minimum atomic E-state index is -0.159. The Kier molecular flexibility index (Phi) is 10.5. The van der Waals surface area contributed by atoms with Crippen molar-refractivity contribution in [1.82, 2.24) is 19.8 Å². The first-order chi connectivity index (χ1) is 19.9. The van der Waals surface area contributed by atoms with Crippen molar-refractivity contribution in [3.63, 3.8) is 0 Å². The third-order valence-corrected chi connectivity index (χ3v) is 7.48. The maximum Gasteiger partial charge on any atom is 0.256 e. The average molecular weight is 557 g/mol. The van der Waals surface area contributed by atoms with Crippen molar-refractivity contribution in [3.05, 3.63) is 84.2 Å². The standard InChI is InChI=1S/C30H35N5O2.C2H5NO/c1-33-15-11-23(12-16-33)22-4-6-24(7-5-22)30(36)32-29-21-27(10-14-31-29)35(18-19-37-3)26-8-9-28-25(20-26)13-17-34(28)2;1-3-2-4/h4-10,13-14,17,20-21,23H,11-12,15-16,18-19H2,1-3H3,(H,31,32,36);2H,1H3,(H,3,4). The molecule has 0 saturated carbocycles. The summed E-state index contributed by atoms with van der Waals surface area (Å²) in [7, 11) is 7.48. The molecule has 1 aliphatic rings. The summed E-state index contributed by atoms with van der Waals surface area (Å²) in [6.07, 6.45) is 6.74. The number of carbonyl (C=O) groups excluding carboxylic acids is 2. The Hall–Kier alpha value is -4.21. The van der Waals surface area contributed by atoms with Crippen molar-refractivity contribution in [3.8, 4) is 0 Å². The predicted octanol–water partition coefficient (Wildman–Crippen LogP) is 4.78. The van der Waals surface area contributed by atoms with Crippen molar-refractivity contribution in [1.29, 1.82) is 0 Å². The molecule has 4 aromatic rings. The summed E-state index contributed by atoms with van der Waals surface area (Å²) in [5, 5.41) is 6.41. The van der Waals surface area contributed by atoms with Gasteiger partial charge in [-0.3, -0.25) is 9.59 Å². The maximum atomic E-state index is 13.0. The highest BCUT2D eigenvalue weighted by Crippen LogP contribution is 2.30. The quantitative estimate of drug-likeness (QED) is 0.288. The van der Waals surface area contributed by atoms with Gasteiger partial charge < -0.3 is 29.7 Å². The van der Waals surface area contributed by atoms with E-state index in [2.05, 4.69) is 79.6 Å². The number of nitrogens with one attached hydrogen (secondary N) is 2. The number of benzene rings is 2. The van der Waals surface area contributed by atoms with Crippen LogP contribution < -0.4 is 15.5 Å². The number of rotatable bonds is 9. The van der Waals surface area contributed by atoms with Crippen molar-refractivity contribution in [2.75, 3.05) is 57.7 Å². The minimum Gasteiger partial charge on any atom is -0.383 e. The molecule has 1 saturated heterocycles. The van der Waals surface area contributed by atoms with Crippen LogP contribution in [-0.4, -0.2) is 74.2 Å². The van der Waals surface area contributed by atoms with Crippen LogP contribution in [0, 0.1) is 0 Å². The number of likely N-dealkylation sites (tertiary alicyclic amines) is 1. The molecular weight excluding hydrogens is 516 g/mol. The SMILES string of the molecule is CNC=O.COCCN(c1ccnc(NC(=O)c2ccc(C3CCN(C)CC3)cc2)c1)c1ccc2c(ccn2C)c1. The highest BCUT2D eigenvalue weighted by atomic mass is 16.5. The van der Waals surface area contributed by atoms with Gasteiger partial charge in [-0.2, -0.15) is 0 Å². The molecule has 2 aromatic heterocycles. The summed E-state index contributed by atoms with van der Waals surface area (Å²) in [6, 6.07) is 20.4. The Morgan fingerprint density at radius 1 is 1.05 bits per heavy atom. The molecule has 9 nitrogen and oxygen atoms in total. The zero-order valence-electron chi connectivity index (χ0n) is 24.3. The lowest BCUT2D eigenvalue weighted by molar-refractivity contribution is -0.109. The molecule has 1 fully saturated rings. The van der Waals surface area contributed by atoms with E-state index in [0.29, 0.717) is 36.9 Å². The van der Waals surface area contributed by atoms with Gasteiger partial charge in [-0.1, -0.05) is 12.1 Å². The van der Waals surface area contributed by atoms with Crippen LogP contribution in [0.3, 0.4) is 0 Å². The molecule has 1 aliphatic heterocycles. The van der Waals surface area contributed by atoms with Gasteiger partial charge in [-0.05, 0) is 86.9 Å². The number of pyridine rings is 1. The molecule has 5 rings (SSSR count). The van der Waals surface area contributed by atoms with Gasteiger partial charge in [0.1, 0.15) is 5.82 Å². The Bertz CT molecular complexity index is 1430. The van der Waals surface area contributed by atoms with Crippen LogP contribution in [0.2, 0.25) is 0 Å². The zero-order chi connectivity index (χ0) is 29.2. The molecule has 0 aliphatic carbocycles. The monoisotopic (exact) mass is 556 g/mol. The van der Waals surface area contributed by atoms with Crippen LogP contribution >= 0.6 is 0 Å². The summed E-state index contributed by atoms with van der Waals surface area (Å²) < 4.78 is 7.49. The first-order valence-electron chi connectivity index (χ1n) is 13.9. The first kappa shape index (κ1) is 29.8. The molecule has 9 heteroatoms. The fourth-order valence-corrected chi connectivity index (χ4v) is 5.12. The third kappa shape index (κ3) is 7.71. The van der Waals surface area contributed by atoms with E-state index in [1.807, 2.05) is 31.3 Å². The molecule has 3 heterocycles. The van der Waals surface area contributed by atoms with E-state index in [0.717, 1.165) is 37.3 Å². The van der Waals surface area contributed by atoms with Gasteiger partial charge in [0.05, 0.1) is 6.61 Å². The molecule has 2 aromatic carbocycles. The molecule has 216 valence electrons. The fraction of sp³-hybridized carbons (Fsp3) is 0.344. The van der Waals surface area contributed by atoms with Crippen molar-refractivity contribution in [2.24, 2.45) is 7.05 Å². The van der Waals surface area contributed by atoms with E-state index in [9.17, 15) is 4.79 Å². The Balaban J connectivity index is 0.000000909. The number of methoxy groups -OCH3 is 1. The number of aryl methyl sites for hydroxylation is 1. The van der Waals surface area contributed by atoms with Crippen LogP contribution in [-0.2, 0) is 16.6 Å². The third-order valence-electron chi connectivity index (χ3n) is 7.48. The topological polar surface area (TPSA) is 91.7 Å². The normalized spacial score (nSPS) is 13.8. The number of carbonyl (C=O) groups is 2. The van der Waals surface area contributed by atoms with Crippen molar-refractivity contribution in [2.45, 2.75) is 18.8 Å². The van der Waals surface area contributed by atoms with Gasteiger partial charge in [-0.15, -0.1) is 0 Å². The van der Waals surface area contributed by atoms with Crippen LogP contribution in [0.4, 0.5) is 17.2 Å². The molecule has 2 amide bonds. The largest absolute Gasteiger partial charge is 0.383 e. The number of anilines is 3. The van der Waals surface area contributed by atoms with E-state index in [1.165, 1.54) is 16.5 Å². The second kappa shape index (κ2) is 14.4. The lowest BCUT2D eigenvalue weighted by atomic mass is 9.89. The first-order valence-corrected chi connectivity index (χ1v) is 13.9. The second-order valence-electron chi connectivity index (χ2n) is 10.3. The number of hydrogen-bond donors (Lipinski definition) is 2. The lowest BCUT2D eigenvalue weighted by Crippen LogP contribution is -2.29. The molecule has 41 heavy (non-hydrogen) atoms. The minimum absolute atomic E-state index is 0.159. The Labute approximate surface area is 242 Å². The summed E-state index contributed by atoms with van der Waals surface area (Å²) in [4.78, 5) is 31.1. The van der Waals surface area contributed by atoms with Gasteiger partial charge in [0.25, 0.3) is 5.91 Å². The Morgan fingerprint density at radius 2 is 1.76 bits per heavy atom. The molecular formula is C32H40N6O3. The number of piperidine rings is 1. The van der Waals surface area contributed by atoms with Crippen molar-refractivity contribution < 1.29 is 14.3 Å². The van der Waals surface area contributed by atoms with E-state index in [-0.39, 0.29) is 5.91 Å². The van der Waals surface area contributed by atoms with Gasteiger partial charge >= 0.3 is 0 Å². The predicted molar refractivity (Wildman–Crippen MR) is 165 cm³/mol. The summed E-state index contributed by atoms with van der Waals surface area (Å²) in [5.41, 5.74) is 5.13. The molecule has 0 atom stereocenters. The van der Waals surface area contributed by atoms with Crippen LogP contribution in [0.1, 0.15) is 34.7 Å². The molecule has 0 spiro atoms.